The molecule has 25 heavy (non-hydrogen) atoms. The third-order valence-electron chi connectivity index (χ3n) is 3.86. The Morgan fingerprint density at radius 1 is 1.20 bits per heavy atom. The van der Waals surface area contributed by atoms with Gasteiger partial charge in [0, 0.05) is 11.5 Å². The summed E-state index contributed by atoms with van der Waals surface area (Å²) >= 11 is 0. The van der Waals surface area contributed by atoms with Crippen molar-refractivity contribution in [3.05, 3.63) is 34.7 Å². The number of aromatic hydroxyl groups is 1. The van der Waals surface area contributed by atoms with Gasteiger partial charge in [0.05, 0.1) is 12.6 Å². The number of rotatable bonds is 3. The van der Waals surface area contributed by atoms with Crippen LogP contribution in [0.25, 0.3) is 11.0 Å². The number of phenolic OH excluding ortho intramolecular Hbond substituents is 1. The molecular formula is C15H18ClNO8. The number of ether oxygens (including phenoxy) is 2. The molecule has 0 bridgehead atoms. The Morgan fingerprint density at radius 2 is 1.92 bits per heavy atom. The Balaban J connectivity index is 0.00000225. The largest absolute Gasteiger partial charge is 0.508 e. The van der Waals surface area contributed by atoms with Crippen molar-refractivity contribution in [3.8, 4) is 11.5 Å². The fourth-order valence-corrected chi connectivity index (χ4v) is 2.50. The number of hydrogen-bond acceptors (Lipinski definition) is 9. The van der Waals surface area contributed by atoms with Gasteiger partial charge in [-0.25, -0.2) is 4.79 Å². The summed E-state index contributed by atoms with van der Waals surface area (Å²) in [6.07, 6.45) is -5.14. The van der Waals surface area contributed by atoms with Crippen LogP contribution >= 0.6 is 12.4 Å². The summed E-state index contributed by atoms with van der Waals surface area (Å²) < 4.78 is 15.7. The van der Waals surface area contributed by atoms with Crippen LogP contribution in [0, 0.1) is 0 Å². The zero-order valence-corrected chi connectivity index (χ0v) is 13.6. The Hall–Kier alpha value is -1.88. The van der Waals surface area contributed by atoms with E-state index >= 15 is 0 Å². The molecule has 1 unspecified atom stereocenters. The average Bonchev–Trinajstić information content (AvgIpc) is 2.56. The van der Waals surface area contributed by atoms with Crippen LogP contribution in [0.2, 0.25) is 0 Å². The van der Waals surface area contributed by atoms with Crippen molar-refractivity contribution in [2.75, 3.05) is 6.61 Å². The fourth-order valence-electron chi connectivity index (χ4n) is 2.50. The highest BCUT2D eigenvalue weighted by Gasteiger charge is 2.44. The van der Waals surface area contributed by atoms with E-state index in [4.69, 9.17) is 19.6 Å². The lowest BCUT2D eigenvalue weighted by Gasteiger charge is -2.40. The third-order valence-corrected chi connectivity index (χ3v) is 3.86. The van der Waals surface area contributed by atoms with Gasteiger partial charge >= 0.3 is 5.63 Å². The smallest absolute Gasteiger partial charge is 0.379 e. The maximum Gasteiger partial charge on any atom is 0.379 e. The number of aliphatic hydroxyl groups is 3. The molecule has 1 aromatic carbocycles. The van der Waals surface area contributed by atoms with Crippen molar-refractivity contribution in [1.29, 1.82) is 0 Å². The average molecular weight is 376 g/mol. The lowest BCUT2D eigenvalue weighted by atomic mass is 9.98. The molecule has 0 saturated carbocycles. The van der Waals surface area contributed by atoms with Gasteiger partial charge in [0.1, 0.15) is 29.6 Å². The van der Waals surface area contributed by atoms with Crippen LogP contribution in [0.1, 0.15) is 0 Å². The number of benzene rings is 1. The van der Waals surface area contributed by atoms with Crippen molar-refractivity contribution in [1.82, 2.24) is 0 Å². The highest BCUT2D eigenvalue weighted by atomic mass is 35.5. The molecule has 2 heterocycles. The van der Waals surface area contributed by atoms with Gasteiger partial charge in [-0.3, -0.25) is 0 Å². The molecular weight excluding hydrogens is 358 g/mol. The first-order chi connectivity index (χ1) is 11.4. The maximum absolute atomic E-state index is 12.0. The van der Waals surface area contributed by atoms with E-state index in [-0.39, 0.29) is 29.5 Å². The van der Waals surface area contributed by atoms with Crippen LogP contribution in [-0.2, 0) is 4.74 Å². The first-order valence-electron chi connectivity index (χ1n) is 7.22. The summed E-state index contributed by atoms with van der Waals surface area (Å²) in [6.45, 7) is -0.559. The van der Waals surface area contributed by atoms with Gasteiger partial charge in [0.25, 0.3) is 0 Å². The number of phenols is 1. The van der Waals surface area contributed by atoms with E-state index in [0.717, 1.165) is 0 Å². The summed E-state index contributed by atoms with van der Waals surface area (Å²) in [5, 5.41) is 38.7. The Bertz CT molecular complexity index is 795. The first-order valence-corrected chi connectivity index (χ1v) is 7.22. The van der Waals surface area contributed by atoms with Gasteiger partial charge in [-0.05, 0) is 18.2 Å². The van der Waals surface area contributed by atoms with Crippen LogP contribution in [0.4, 0.5) is 0 Å². The molecule has 0 aliphatic carbocycles. The highest BCUT2D eigenvalue weighted by molar-refractivity contribution is 5.85. The number of fused-ring (bicyclic) bond motifs is 1. The third kappa shape index (κ3) is 3.71. The Kier molecular flexibility index (Phi) is 5.88. The topological polar surface area (TPSA) is 156 Å². The zero-order valence-electron chi connectivity index (χ0n) is 12.8. The van der Waals surface area contributed by atoms with E-state index in [0.29, 0.717) is 5.39 Å². The van der Waals surface area contributed by atoms with E-state index in [2.05, 4.69) is 0 Å². The second-order valence-electron chi connectivity index (χ2n) is 5.52. The molecule has 1 saturated heterocycles. The molecule has 1 fully saturated rings. The molecule has 1 aliphatic rings. The molecule has 5 atom stereocenters. The normalized spacial score (nSPS) is 29.2. The standard InChI is InChI=1S/C15H17NO8.ClH/c16-11-13(20)12(19)10(5-17)24-15(11)23-9-3-6-1-2-7(18)4-8(6)22-14(9)21;/h1-4,10-13,15,17-20H,5,16H2;1H/t10-,11-,12-,13-,15?;/m1./s1. The molecule has 10 heteroatoms. The molecule has 2 aromatic rings. The molecule has 1 aromatic heterocycles. The van der Waals surface area contributed by atoms with E-state index in [1.807, 2.05) is 0 Å². The Morgan fingerprint density at radius 3 is 2.60 bits per heavy atom. The molecule has 3 rings (SSSR count). The van der Waals surface area contributed by atoms with E-state index in [1.54, 1.807) is 0 Å². The van der Waals surface area contributed by atoms with E-state index < -0.39 is 42.9 Å². The molecule has 1 aliphatic heterocycles. The van der Waals surface area contributed by atoms with Gasteiger partial charge < -0.3 is 40.1 Å². The highest BCUT2D eigenvalue weighted by Crippen LogP contribution is 2.25. The number of aliphatic hydroxyl groups excluding tert-OH is 3. The second-order valence-corrected chi connectivity index (χ2v) is 5.52. The fraction of sp³-hybridized carbons (Fsp3) is 0.400. The van der Waals surface area contributed by atoms with Crippen LogP contribution in [0.3, 0.4) is 0 Å². The lowest BCUT2D eigenvalue weighted by molar-refractivity contribution is -0.239. The van der Waals surface area contributed by atoms with Crippen LogP contribution in [-0.4, -0.2) is 57.7 Å². The van der Waals surface area contributed by atoms with Crippen LogP contribution in [0.5, 0.6) is 11.5 Å². The van der Waals surface area contributed by atoms with Gasteiger partial charge in [0.15, 0.2) is 0 Å². The number of halogens is 1. The first kappa shape index (κ1) is 19.4. The van der Waals surface area contributed by atoms with Crippen LogP contribution in [0.15, 0.2) is 33.5 Å². The van der Waals surface area contributed by atoms with Crippen molar-refractivity contribution in [2.45, 2.75) is 30.6 Å². The van der Waals surface area contributed by atoms with Crippen molar-refractivity contribution >= 4 is 23.4 Å². The minimum absolute atomic E-state index is 0. The minimum atomic E-state index is -1.40. The molecule has 138 valence electrons. The van der Waals surface area contributed by atoms with Crippen LogP contribution < -0.4 is 16.1 Å². The minimum Gasteiger partial charge on any atom is -0.508 e. The van der Waals surface area contributed by atoms with Gasteiger partial charge in [-0.15, -0.1) is 12.4 Å². The molecule has 0 radical (unpaired) electrons. The summed E-state index contributed by atoms with van der Waals surface area (Å²) in [7, 11) is 0. The summed E-state index contributed by atoms with van der Waals surface area (Å²) in [5.74, 6) is -0.270. The summed E-state index contributed by atoms with van der Waals surface area (Å²) in [4.78, 5) is 12.0. The lowest BCUT2D eigenvalue weighted by Crippen LogP contribution is -2.63. The predicted molar refractivity (Wildman–Crippen MR) is 87.8 cm³/mol. The number of nitrogens with two attached hydrogens (primary N) is 1. The SMILES string of the molecule is Cl.N[C@H]1C(Oc2cc3ccc(O)cc3oc2=O)O[C@H](CO)[C@@H](O)[C@@H]1O. The van der Waals surface area contributed by atoms with Gasteiger partial charge in [-0.2, -0.15) is 0 Å². The quantitative estimate of drug-likeness (QED) is 0.427. The van der Waals surface area contributed by atoms with E-state index in [1.165, 1.54) is 24.3 Å². The van der Waals surface area contributed by atoms with Crippen molar-refractivity contribution in [2.24, 2.45) is 5.73 Å². The van der Waals surface area contributed by atoms with Crippen molar-refractivity contribution < 1.29 is 34.3 Å². The summed E-state index contributed by atoms with van der Waals surface area (Å²) in [5.41, 5.74) is 5.10. The van der Waals surface area contributed by atoms with Gasteiger partial charge in [-0.1, -0.05) is 0 Å². The van der Waals surface area contributed by atoms with E-state index in [9.17, 15) is 25.2 Å². The van der Waals surface area contributed by atoms with Gasteiger partial charge in [0.2, 0.25) is 12.0 Å². The number of hydrogen-bond donors (Lipinski definition) is 5. The maximum atomic E-state index is 12.0. The Labute approximate surface area is 147 Å². The molecule has 0 amide bonds. The molecule has 6 N–H and O–H groups in total. The molecule has 0 spiro atoms. The second kappa shape index (κ2) is 7.56. The molecule has 9 nitrogen and oxygen atoms in total. The van der Waals surface area contributed by atoms with Crippen molar-refractivity contribution in [3.63, 3.8) is 0 Å². The zero-order chi connectivity index (χ0) is 17.4. The summed E-state index contributed by atoms with van der Waals surface area (Å²) in [6, 6.07) is 4.46. The monoisotopic (exact) mass is 375 g/mol. The predicted octanol–water partition coefficient (Wildman–Crippen LogP) is -0.935.